The van der Waals surface area contributed by atoms with Gasteiger partial charge in [0.05, 0.1) is 18.8 Å². The third-order valence-corrected chi connectivity index (χ3v) is 4.85. The first kappa shape index (κ1) is 16.7. The maximum absolute atomic E-state index is 13.1. The van der Waals surface area contributed by atoms with Crippen LogP contribution in [0.3, 0.4) is 0 Å². The van der Waals surface area contributed by atoms with E-state index >= 15 is 0 Å². The molecule has 0 radical (unpaired) electrons. The number of fused-ring (bicyclic) bond motifs is 1. The van der Waals surface area contributed by atoms with E-state index in [4.69, 9.17) is 4.74 Å². The van der Waals surface area contributed by atoms with Gasteiger partial charge in [0.1, 0.15) is 11.8 Å². The molecule has 2 aromatic heterocycles. The van der Waals surface area contributed by atoms with Crippen LogP contribution in [0.5, 0.6) is 0 Å². The standard InChI is InChI=1S/C20H22N4O2/c1-13(2)17-11-24(12-18(26-17)14-6-4-3-5-7-14)20(25)16-9-8-15-10-21-23-19(15)22-16/h3-10,13,17-18H,11-12H2,1-2H3,(H,21,22,23)/t17-,18+/m1/s1. The van der Waals surface area contributed by atoms with E-state index in [1.54, 1.807) is 12.3 Å². The van der Waals surface area contributed by atoms with E-state index in [1.165, 1.54) is 0 Å². The van der Waals surface area contributed by atoms with Crippen molar-refractivity contribution in [2.24, 2.45) is 5.92 Å². The second-order valence-corrected chi connectivity index (χ2v) is 7.03. The monoisotopic (exact) mass is 350 g/mol. The highest BCUT2D eigenvalue weighted by molar-refractivity contribution is 5.94. The van der Waals surface area contributed by atoms with Crippen LogP contribution in [-0.2, 0) is 4.74 Å². The SMILES string of the molecule is CC(C)[C@H]1CN(C(=O)c2ccc3cn[nH]c3n2)C[C@@H](c2ccccc2)O1. The lowest BCUT2D eigenvalue weighted by Gasteiger charge is -2.39. The molecule has 0 bridgehead atoms. The molecule has 3 heterocycles. The van der Waals surface area contributed by atoms with Crippen molar-refractivity contribution in [2.45, 2.75) is 26.1 Å². The third-order valence-electron chi connectivity index (χ3n) is 4.85. The van der Waals surface area contributed by atoms with E-state index < -0.39 is 0 Å². The van der Waals surface area contributed by atoms with Crippen LogP contribution in [0.4, 0.5) is 0 Å². The number of carbonyl (C=O) groups is 1. The summed E-state index contributed by atoms with van der Waals surface area (Å²) in [6, 6.07) is 13.7. The lowest BCUT2D eigenvalue weighted by atomic mass is 10.0. The summed E-state index contributed by atoms with van der Waals surface area (Å²) in [7, 11) is 0. The predicted molar refractivity (Wildman–Crippen MR) is 98.7 cm³/mol. The molecule has 4 rings (SSSR count). The highest BCUT2D eigenvalue weighted by Gasteiger charge is 2.33. The minimum absolute atomic E-state index is 0.00575. The summed E-state index contributed by atoms with van der Waals surface area (Å²) in [4.78, 5) is 19.4. The molecule has 0 aliphatic carbocycles. The van der Waals surface area contributed by atoms with Gasteiger partial charge < -0.3 is 9.64 Å². The molecular formula is C20H22N4O2. The van der Waals surface area contributed by atoms with E-state index in [2.05, 4.69) is 29.0 Å². The van der Waals surface area contributed by atoms with Crippen LogP contribution >= 0.6 is 0 Å². The summed E-state index contributed by atoms with van der Waals surface area (Å²) in [5.74, 6) is 0.247. The van der Waals surface area contributed by atoms with Gasteiger partial charge in [-0.1, -0.05) is 44.2 Å². The van der Waals surface area contributed by atoms with Gasteiger partial charge in [-0.3, -0.25) is 9.89 Å². The molecule has 1 aliphatic rings. The number of hydrogen-bond acceptors (Lipinski definition) is 4. The molecule has 0 unspecified atom stereocenters. The fourth-order valence-electron chi connectivity index (χ4n) is 3.28. The Morgan fingerprint density at radius 1 is 1.19 bits per heavy atom. The van der Waals surface area contributed by atoms with E-state index in [9.17, 15) is 4.79 Å². The molecule has 1 fully saturated rings. The average molecular weight is 350 g/mol. The molecule has 1 N–H and O–H groups in total. The number of aromatic amines is 1. The number of nitrogens with zero attached hydrogens (tertiary/aromatic N) is 3. The molecule has 6 nitrogen and oxygen atoms in total. The van der Waals surface area contributed by atoms with Crippen LogP contribution in [0.25, 0.3) is 11.0 Å². The lowest BCUT2D eigenvalue weighted by molar-refractivity contribution is -0.0955. The first-order chi connectivity index (χ1) is 12.6. The second kappa shape index (κ2) is 6.88. The summed E-state index contributed by atoms with van der Waals surface area (Å²) in [5, 5.41) is 7.69. The highest BCUT2D eigenvalue weighted by atomic mass is 16.5. The molecule has 26 heavy (non-hydrogen) atoms. The minimum atomic E-state index is -0.128. The Morgan fingerprint density at radius 2 is 2.00 bits per heavy atom. The number of benzene rings is 1. The van der Waals surface area contributed by atoms with Crippen molar-refractivity contribution in [3.8, 4) is 0 Å². The summed E-state index contributed by atoms with van der Waals surface area (Å²) in [5.41, 5.74) is 2.15. The van der Waals surface area contributed by atoms with Crippen molar-refractivity contribution in [1.82, 2.24) is 20.1 Å². The number of aromatic nitrogens is 3. The zero-order valence-electron chi connectivity index (χ0n) is 14.9. The Labute approximate surface area is 152 Å². The number of morpholine rings is 1. The molecular weight excluding hydrogens is 328 g/mol. The largest absolute Gasteiger partial charge is 0.366 e. The summed E-state index contributed by atoms with van der Waals surface area (Å²) >= 11 is 0. The van der Waals surface area contributed by atoms with Crippen LogP contribution in [-0.4, -0.2) is 45.2 Å². The maximum atomic E-state index is 13.1. The van der Waals surface area contributed by atoms with Crippen LogP contribution in [0.15, 0.2) is 48.7 Å². The summed E-state index contributed by atoms with van der Waals surface area (Å²) < 4.78 is 6.28. The zero-order valence-corrected chi connectivity index (χ0v) is 14.9. The molecule has 0 saturated carbocycles. The first-order valence-corrected chi connectivity index (χ1v) is 8.91. The fourth-order valence-corrected chi connectivity index (χ4v) is 3.28. The fraction of sp³-hybridized carbons (Fsp3) is 0.350. The molecule has 134 valence electrons. The Kier molecular flexibility index (Phi) is 4.42. The summed E-state index contributed by atoms with van der Waals surface area (Å²) in [6.45, 7) is 5.34. The quantitative estimate of drug-likeness (QED) is 0.787. The molecule has 1 aliphatic heterocycles. The van der Waals surface area contributed by atoms with Crippen molar-refractivity contribution in [3.05, 3.63) is 59.9 Å². The van der Waals surface area contributed by atoms with Gasteiger partial charge in [0, 0.05) is 11.9 Å². The van der Waals surface area contributed by atoms with Gasteiger partial charge in [-0.2, -0.15) is 5.10 Å². The minimum Gasteiger partial charge on any atom is -0.366 e. The van der Waals surface area contributed by atoms with E-state index in [0.29, 0.717) is 30.3 Å². The molecule has 1 aromatic carbocycles. The number of amides is 1. The molecule has 0 spiro atoms. The Hall–Kier alpha value is -2.73. The van der Waals surface area contributed by atoms with Crippen LogP contribution < -0.4 is 0 Å². The third kappa shape index (κ3) is 3.20. The van der Waals surface area contributed by atoms with Gasteiger partial charge in [0.15, 0.2) is 5.65 Å². The van der Waals surface area contributed by atoms with Gasteiger partial charge >= 0.3 is 0 Å². The van der Waals surface area contributed by atoms with Gasteiger partial charge in [-0.25, -0.2) is 4.98 Å². The smallest absolute Gasteiger partial charge is 0.272 e. The Balaban J connectivity index is 1.61. The number of ether oxygens (including phenoxy) is 1. The number of nitrogens with one attached hydrogen (secondary N) is 1. The van der Waals surface area contributed by atoms with Gasteiger partial charge in [-0.05, 0) is 23.6 Å². The van der Waals surface area contributed by atoms with Crippen LogP contribution in [0, 0.1) is 5.92 Å². The Morgan fingerprint density at radius 3 is 2.77 bits per heavy atom. The molecule has 1 saturated heterocycles. The predicted octanol–water partition coefficient (Wildman–Crippen LogP) is 3.20. The van der Waals surface area contributed by atoms with Gasteiger partial charge in [0.25, 0.3) is 5.91 Å². The van der Waals surface area contributed by atoms with E-state index in [-0.39, 0.29) is 18.1 Å². The topological polar surface area (TPSA) is 71.1 Å². The maximum Gasteiger partial charge on any atom is 0.272 e. The van der Waals surface area contributed by atoms with E-state index in [1.807, 2.05) is 41.3 Å². The molecule has 2 atom stereocenters. The van der Waals surface area contributed by atoms with Crippen LogP contribution in [0.1, 0.15) is 36.0 Å². The highest BCUT2D eigenvalue weighted by Crippen LogP contribution is 2.29. The lowest BCUT2D eigenvalue weighted by Crippen LogP contribution is -2.48. The molecule has 1 amide bonds. The normalized spacial score (nSPS) is 20.7. The van der Waals surface area contributed by atoms with Crippen molar-refractivity contribution < 1.29 is 9.53 Å². The molecule has 6 heteroatoms. The van der Waals surface area contributed by atoms with Crippen molar-refractivity contribution in [1.29, 1.82) is 0 Å². The van der Waals surface area contributed by atoms with Gasteiger partial charge in [0.2, 0.25) is 0 Å². The number of pyridine rings is 1. The number of H-pyrrole nitrogens is 1. The van der Waals surface area contributed by atoms with Gasteiger partial charge in [-0.15, -0.1) is 0 Å². The number of rotatable bonds is 3. The van der Waals surface area contributed by atoms with Crippen molar-refractivity contribution in [3.63, 3.8) is 0 Å². The number of hydrogen-bond donors (Lipinski definition) is 1. The van der Waals surface area contributed by atoms with E-state index in [0.717, 1.165) is 10.9 Å². The zero-order chi connectivity index (χ0) is 18.1. The first-order valence-electron chi connectivity index (χ1n) is 8.91. The second-order valence-electron chi connectivity index (χ2n) is 7.03. The number of carbonyl (C=O) groups excluding carboxylic acids is 1. The van der Waals surface area contributed by atoms with Crippen molar-refractivity contribution in [2.75, 3.05) is 13.1 Å². The van der Waals surface area contributed by atoms with Crippen molar-refractivity contribution >= 4 is 16.9 Å². The Bertz CT molecular complexity index is 906. The van der Waals surface area contributed by atoms with Crippen LogP contribution in [0.2, 0.25) is 0 Å². The average Bonchev–Trinajstić information content (AvgIpc) is 3.15. The summed E-state index contributed by atoms with van der Waals surface area (Å²) in [6.07, 6.45) is 1.57. The molecule has 3 aromatic rings.